The molecule has 10 heteroatoms. The molecule has 2 aromatic heterocycles. The third kappa shape index (κ3) is 5.13. The van der Waals surface area contributed by atoms with E-state index in [1.165, 1.54) is 23.7 Å². The largest absolute Gasteiger partial charge is 0.487 e. The molecule has 2 amide bonds. The molecule has 168 valence electrons. The van der Waals surface area contributed by atoms with Crippen molar-refractivity contribution in [2.24, 2.45) is 0 Å². The lowest BCUT2D eigenvalue weighted by Crippen LogP contribution is -2.42. The van der Waals surface area contributed by atoms with E-state index < -0.39 is 11.6 Å². The van der Waals surface area contributed by atoms with Gasteiger partial charge in [0.2, 0.25) is 5.91 Å². The highest BCUT2D eigenvalue weighted by molar-refractivity contribution is 7.14. The number of ether oxygens (including phenoxy) is 1. The Kier molecular flexibility index (Phi) is 6.50. The smallest absolute Gasteiger partial charge is 0.260 e. The molecule has 1 aliphatic heterocycles. The van der Waals surface area contributed by atoms with Crippen LogP contribution in [0.5, 0.6) is 5.75 Å². The summed E-state index contributed by atoms with van der Waals surface area (Å²) in [6.07, 6.45) is 2.41. The van der Waals surface area contributed by atoms with Crippen molar-refractivity contribution in [3.8, 4) is 5.75 Å². The Labute approximate surface area is 187 Å². The van der Waals surface area contributed by atoms with Crippen LogP contribution in [0.4, 0.5) is 13.9 Å². The summed E-state index contributed by atoms with van der Waals surface area (Å²) in [6, 6.07) is 4.79. The molecule has 0 atom stereocenters. The molecule has 1 N–H and O–H groups in total. The molecule has 1 aromatic carbocycles. The second-order valence-electron chi connectivity index (χ2n) is 7.44. The molecule has 4 rings (SSSR count). The minimum atomic E-state index is -0.738. The molecule has 0 spiro atoms. The van der Waals surface area contributed by atoms with Crippen LogP contribution in [-0.2, 0) is 11.2 Å². The number of anilines is 1. The molecule has 0 unspecified atom stereocenters. The number of hydrogen-bond donors (Lipinski definition) is 1. The number of rotatable bonds is 6. The van der Waals surface area contributed by atoms with Crippen LogP contribution < -0.4 is 10.1 Å². The average molecular weight is 461 g/mol. The predicted molar refractivity (Wildman–Crippen MR) is 114 cm³/mol. The minimum Gasteiger partial charge on any atom is -0.487 e. The molecule has 1 fully saturated rings. The van der Waals surface area contributed by atoms with Crippen molar-refractivity contribution >= 4 is 28.3 Å². The highest BCUT2D eigenvalue weighted by Gasteiger charge is 2.25. The van der Waals surface area contributed by atoms with Crippen LogP contribution in [0.15, 0.2) is 40.3 Å². The van der Waals surface area contributed by atoms with Gasteiger partial charge in [-0.2, -0.15) is 0 Å². The molecule has 0 radical (unpaired) electrons. The highest BCUT2D eigenvalue weighted by atomic mass is 32.1. The van der Waals surface area contributed by atoms with Gasteiger partial charge >= 0.3 is 0 Å². The van der Waals surface area contributed by atoms with Crippen molar-refractivity contribution in [2.45, 2.75) is 32.3 Å². The van der Waals surface area contributed by atoms with E-state index in [-0.39, 0.29) is 30.1 Å². The topological polar surface area (TPSA) is 84.7 Å². The highest BCUT2D eigenvalue weighted by Crippen LogP contribution is 2.24. The van der Waals surface area contributed by atoms with Crippen molar-refractivity contribution < 1.29 is 27.5 Å². The second kappa shape index (κ2) is 9.47. The Morgan fingerprint density at radius 3 is 2.75 bits per heavy atom. The fourth-order valence-corrected chi connectivity index (χ4v) is 4.18. The summed E-state index contributed by atoms with van der Waals surface area (Å²) in [6.45, 7) is 2.64. The summed E-state index contributed by atoms with van der Waals surface area (Å²) in [5, 5.41) is 4.86. The van der Waals surface area contributed by atoms with Gasteiger partial charge in [0.25, 0.3) is 5.91 Å². The fraction of sp³-hybridized carbons (Fsp3) is 0.318. The van der Waals surface area contributed by atoms with E-state index in [0.29, 0.717) is 48.1 Å². The maximum Gasteiger partial charge on any atom is 0.260 e. The van der Waals surface area contributed by atoms with Crippen molar-refractivity contribution in [3.63, 3.8) is 0 Å². The monoisotopic (exact) mass is 461 g/mol. The Balaban J connectivity index is 1.26. The second-order valence-corrected chi connectivity index (χ2v) is 8.30. The predicted octanol–water partition coefficient (Wildman–Crippen LogP) is 4.19. The number of halogens is 2. The molecule has 0 saturated carbocycles. The fourth-order valence-electron chi connectivity index (χ4n) is 3.47. The van der Waals surface area contributed by atoms with Crippen LogP contribution in [-0.4, -0.2) is 40.9 Å². The summed E-state index contributed by atoms with van der Waals surface area (Å²) >= 11 is 1.25. The van der Waals surface area contributed by atoms with Gasteiger partial charge in [-0.1, -0.05) is 0 Å². The van der Waals surface area contributed by atoms with E-state index >= 15 is 0 Å². The number of furan rings is 1. The van der Waals surface area contributed by atoms with Crippen molar-refractivity contribution in [3.05, 3.63) is 64.6 Å². The lowest BCUT2D eigenvalue weighted by atomic mass is 10.1. The van der Waals surface area contributed by atoms with Crippen molar-refractivity contribution in [2.75, 3.05) is 18.4 Å². The summed E-state index contributed by atoms with van der Waals surface area (Å²) in [5.41, 5.74) is 1.01. The molecule has 0 aliphatic carbocycles. The summed E-state index contributed by atoms with van der Waals surface area (Å²) in [5.74, 6) is -1.26. The zero-order valence-corrected chi connectivity index (χ0v) is 18.1. The van der Waals surface area contributed by atoms with E-state index in [0.717, 1.165) is 12.1 Å². The maximum absolute atomic E-state index is 13.8. The van der Waals surface area contributed by atoms with Gasteiger partial charge in [-0.15, -0.1) is 11.3 Å². The number of hydrogen-bond acceptors (Lipinski definition) is 6. The molecule has 32 heavy (non-hydrogen) atoms. The Bertz CT molecular complexity index is 1120. The van der Waals surface area contributed by atoms with Crippen molar-refractivity contribution in [1.82, 2.24) is 9.88 Å². The number of amides is 2. The van der Waals surface area contributed by atoms with Gasteiger partial charge in [0.1, 0.15) is 17.7 Å². The van der Waals surface area contributed by atoms with Gasteiger partial charge in [0, 0.05) is 37.4 Å². The van der Waals surface area contributed by atoms with Crippen molar-refractivity contribution in [1.29, 1.82) is 0 Å². The number of aromatic nitrogens is 1. The summed E-state index contributed by atoms with van der Waals surface area (Å²) in [4.78, 5) is 30.9. The molecule has 7 nitrogen and oxygen atoms in total. The zero-order chi connectivity index (χ0) is 22.7. The molecule has 0 bridgehead atoms. The first-order valence-electron chi connectivity index (χ1n) is 10.1. The number of likely N-dealkylation sites (tertiary alicyclic amines) is 1. The molecular weight excluding hydrogens is 440 g/mol. The van der Waals surface area contributed by atoms with Crippen LogP contribution in [0.1, 0.15) is 34.7 Å². The van der Waals surface area contributed by atoms with E-state index in [1.54, 1.807) is 23.3 Å². The van der Waals surface area contributed by atoms with Gasteiger partial charge in [-0.25, -0.2) is 13.8 Å². The maximum atomic E-state index is 13.8. The van der Waals surface area contributed by atoms with E-state index in [1.807, 2.05) is 0 Å². The number of carbonyl (C=O) groups is 2. The first-order chi connectivity index (χ1) is 15.4. The quantitative estimate of drug-likeness (QED) is 0.595. The van der Waals surface area contributed by atoms with E-state index in [9.17, 15) is 18.4 Å². The van der Waals surface area contributed by atoms with Gasteiger partial charge in [0.05, 0.1) is 23.9 Å². The zero-order valence-electron chi connectivity index (χ0n) is 17.3. The first kappa shape index (κ1) is 21.9. The molecule has 1 aliphatic rings. The number of nitrogens with one attached hydrogen (secondary N) is 1. The van der Waals surface area contributed by atoms with Gasteiger partial charge in [-0.05, 0) is 25.1 Å². The van der Waals surface area contributed by atoms with Gasteiger partial charge in [-0.3, -0.25) is 14.9 Å². The lowest BCUT2D eigenvalue weighted by Gasteiger charge is -2.32. The SMILES string of the molecule is Cc1occc1C(=O)Nc1nc(CC(=O)N2CCC(Oc3ccc(F)cc3F)CC2)cs1. The molecule has 3 aromatic rings. The van der Waals surface area contributed by atoms with Crippen LogP contribution >= 0.6 is 11.3 Å². The number of aryl methyl sites for hydroxylation is 1. The lowest BCUT2D eigenvalue weighted by molar-refractivity contribution is -0.132. The van der Waals surface area contributed by atoms with Crippen LogP contribution in [0, 0.1) is 18.6 Å². The number of thiazole rings is 1. The molecular formula is C22H21F2N3O4S. The number of nitrogens with zero attached hydrogens (tertiary/aromatic N) is 2. The van der Waals surface area contributed by atoms with Gasteiger partial charge < -0.3 is 14.1 Å². The molecule has 3 heterocycles. The van der Waals surface area contributed by atoms with Crippen LogP contribution in [0.25, 0.3) is 0 Å². The Hall–Kier alpha value is -3.27. The number of piperidine rings is 1. The standard InChI is InChI=1S/C22H21F2N3O4S/c1-13-17(6-9-30-13)21(29)26-22-25-15(12-32-22)11-20(28)27-7-4-16(5-8-27)31-19-3-2-14(23)10-18(19)24/h2-3,6,9-10,12,16H,4-5,7-8,11H2,1H3,(H,25,26,29). The Morgan fingerprint density at radius 2 is 2.06 bits per heavy atom. The number of carbonyl (C=O) groups excluding carboxylic acids is 2. The third-order valence-corrected chi connectivity index (χ3v) is 6.00. The van der Waals surface area contributed by atoms with E-state index in [2.05, 4.69) is 10.3 Å². The Morgan fingerprint density at radius 1 is 1.28 bits per heavy atom. The number of benzene rings is 1. The third-order valence-electron chi connectivity index (χ3n) is 5.19. The van der Waals surface area contributed by atoms with Crippen LogP contribution in [0.2, 0.25) is 0 Å². The minimum absolute atomic E-state index is 0.0128. The summed E-state index contributed by atoms with van der Waals surface area (Å²) in [7, 11) is 0. The van der Waals surface area contributed by atoms with Gasteiger partial charge in [0.15, 0.2) is 16.7 Å². The average Bonchev–Trinajstić information content (AvgIpc) is 3.39. The first-order valence-corrected chi connectivity index (χ1v) is 11.0. The summed E-state index contributed by atoms with van der Waals surface area (Å²) < 4.78 is 37.5. The normalized spacial score (nSPS) is 14.4. The van der Waals surface area contributed by atoms with E-state index in [4.69, 9.17) is 9.15 Å². The molecule has 1 saturated heterocycles. The van der Waals surface area contributed by atoms with Crippen LogP contribution in [0.3, 0.4) is 0 Å².